The molecule has 7 nitrogen and oxygen atoms in total. The molecule has 0 radical (unpaired) electrons. The van der Waals surface area contributed by atoms with E-state index >= 15 is 0 Å². The highest BCUT2D eigenvalue weighted by molar-refractivity contribution is 6.36. The van der Waals surface area contributed by atoms with Crippen LogP contribution >= 0.6 is 11.6 Å². The minimum absolute atomic E-state index is 0.296. The number of carbonyl (C=O) groups excluding carboxylic acids is 2. The maximum Gasteiger partial charge on any atom is 0.277 e. The summed E-state index contributed by atoms with van der Waals surface area (Å²) in [5.41, 5.74) is 1.44. The average Bonchev–Trinajstić information content (AvgIpc) is 3.01. The van der Waals surface area contributed by atoms with E-state index < -0.39 is 0 Å². The summed E-state index contributed by atoms with van der Waals surface area (Å²) in [4.78, 5) is 29.9. The lowest BCUT2D eigenvalue weighted by Crippen LogP contribution is -2.38. The molecule has 1 aromatic rings. The van der Waals surface area contributed by atoms with Crippen molar-refractivity contribution in [3.05, 3.63) is 40.5 Å². The third-order valence-corrected chi connectivity index (χ3v) is 5.29. The minimum Gasteiger partial charge on any atom is -0.383 e. The van der Waals surface area contributed by atoms with Gasteiger partial charge in [-0.25, -0.2) is 0 Å². The Bertz CT molecular complexity index is 743. The highest BCUT2D eigenvalue weighted by Crippen LogP contribution is 2.32. The van der Waals surface area contributed by atoms with Gasteiger partial charge in [0.2, 0.25) is 0 Å². The van der Waals surface area contributed by atoms with Gasteiger partial charge in [-0.15, -0.1) is 0 Å². The number of halogens is 1. The molecule has 1 aromatic carbocycles. The Hall–Kier alpha value is -1.93. The first-order valence-corrected chi connectivity index (χ1v) is 11.1. The van der Waals surface area contributed by atoms with Crippen LogP contribution in [-0.4, -0.2) is 81.9 Å². The number of carbonyl (C=O) groups is 2. The largest absolute Gasteiger partial charge is 0.383 e. The van der Waals surface area contributed by atoms with Gasteiger partial charge in [0.1, 0.15) is 5.70 Å². The second kappa shape index (κ2) is 13.5. The summed E-state index contributed by atoms with van der Waals surface area (Å²) < 4.78 is 16.0. The van der Waals surface area contributed by atoms with Crippen LogP contribution in [0, 0.1) is 0 Å². The Balaban J connectivity index is 2.28. The molecule has 0 N–H and O–H groups in total. The van der Waals surface area contributed by atoms with Crippen molar-refractivity contribution < 1.29 is 23.8 Å². The van der Waals surface area contributed by atoms with E-state index in [-0.39, 0.29) is 11.8 Å². The van der Waals surface area contributed by atoms with Crippen molar-refractivity contribution in [2.45, 2.75) is 26.2 Å². The predicted octanol–water partition coefficient (Wildman–Crippen LogP) is 3.22. The number of ether oxygens (including phenoxy) is 3. The molecule has 1 aliphatic heterocycles. The number of rotatable bonds is 15. The first-order chi connectivity index (χ1) is 15.0. The third-order valence-electron chi connectivity index (χ3n) is 5.04. The van der Waals surface area contributed by atoms with E-state index in [0.29, 0.717) is 74.3 Å². The normalized spacial score (nSPS) is 14.1. The number of imide groups is 1. The summed E-state index contributed by atoms with van der Waals surface area (Å²) in [6.45, 7) is 5.42. The highest BCUT2D eigenvalue weighted by Gasteiger charge is 2.41. The van der Waals surface area contributed by atoms with Gasteiger partial charge < -0.3 is 19.1 Å². The lowest BCUT2D eigenvalue weighted by molar-refractivity contribution is -0.137. The van der Waals surface area contributed by atoms with Crippen molar-refractivity contribution in [2.75, 3.05) is 60.3 Å². The van der Waals surface area contributed by atoms with Gasteiger partial charge in [0, 0.05) is 52.1 Å². The van der Waals surface area contributed by atoms with Crippen molar-refractivity contribution >= 4 is 29.0 Å². The molecular formula is C23H33ClN2O5. The lowest BCUT2D eigenvalue weighted by Gasteiger charge is -2.25. The number of hydrogen-bond donors (Lipinski definition) is 0. The first-order valence-electron chi connectivity index (χ1n) is 10.7. The molecule has 0 bridgehead atoms. The molecule has 0 fully saturated rings. The van der Waals surface area contributed by atoms with E-state index in [1.165, 1.54) is 4.90 Å². The summed E-state index contributed by atoms with van der Waals surface area (Å²) in [5.74, 6) is -0.591. The monoisotopic (exact) mass is 452 g/mol. The Morgan fingerprint density at radius 2 is 1.52 bits per heavy atom. The molecule has 172 valence electrons. The van der Waals surface area contributed by atoms with Gasteiger partial charge in [-0.3, -0.25) is 14.5 Å². The van der Waals surface area contributed by atoms with Crippen LogP contribution < -0.4 is 0 Å². The molecule has 0 saturated carbocycles. The average molecular weight is 453 g/mol. The molecule has 2 rings (SSSR count). The molecule has 0 saturated heterocycles. The van der Waals surface area contributed by atoms with Crippen LogP contribution in [0.1, 0.15) is 31.7 Å². The SMILES string of the molecule is CCCCOCCCN1C(=O)C(c2ccc(Cl)cc2)=C(N(CCOC)CCOC)C1=O. The Morgan fingerprint density at radius 1 is 0.903 bits per heavy atom. The zero-order chi connectivity index (χ0) is 22.6. The number of nitrogens with zero attached hydrogens (tertiary/aromatic N) is 2. The first kappa shape index (κ1) is 25.3. The topological polar surface area (TPSA) is 68.3 Å². The van der Waals surface area contributed by atoms with Gasteiger partial charge in [0.15, 0.2) is 0 Å². The minimum atomic E-state index is -0.296. The Labute approximate surface area is 189 Å². The van der Waals surface area contributed by atoms with Crippen molar-refractivity contribution in [1.82, 2.24) is 9.80 Å². The van der Waals surface area contributed by atoms with Gasteiger partial charge in [-0.1, -0.05) is 37.1 Å². The smallest absolute Gasteiger partial charge is 0.277 e. The zero-order valence-corrected chi connectivity index (χ0v) is 19.5. The summed E-state index contributed by atoms with van der Waals surface area (Å²) in [6, 6.07) is 6.98. The Kier molecular flexibility index (Phi) is 11.0. The molecule has 8 heteroatoms. The van der Waals surface area contributed by atoms with Gasteiger partial charge in [0.25, 0.3) is 11.8 Å². The van der Waals surface area contributed by atoms with Gasteiger partial charge in [-0.2, -0.15) is 0 Å². The van der Waals surface area contributed by atoms with E-state index in [1.54, 1.807) is 38.5 Å². The van der Waals surface area contributed by atoms with Gasteiger partial charge in [0.05, 0.1) is 18.8 Å². The second-order valence-electron chi connectivity index (χ2n) is 7.28. The molecule has 0 atom stereocenters. The number of amides is 2. The Morgan fingerprint density at radius 3 is 2.10 bits per heavy atom. The fourth-order valence-electron chi connectivity index (χ4n) is 3.35. The third kappa shape index (κ3) is 7.04. The fraction of sp³-hybridized carbons (Fsp3) is 0.565. The van der Waals surface area contributed by atoms with Crippen LogP contribution in [-0.2, 0) is 23.8 Å². The van der Waals surface area contributed by atoms with Crippen LogP contribution in [0.3, 0.4) is 0 Å². The molecule has 0 aromatic heterocycles. The van der Waals surface area contributed by atoms with Crippen molar-refractivity contribution in [3.63, 3.8) is 0 Å². The van der Waals surface area contributed by atoms with Crippen LogP contribution in [0.4, 0.5) is 0 Å². The second-order valence-corrected chi connectivity index (χ2v) is 7.72. The predicted molar refractivity (Wildman–Crippen MR) is 121 cm³/mol. The number of methoxy groups -OCH3 is 2. The molecule has 2 amide bonds. The number of unbranched alkanes of at least 4 members (excludes halogenated alkanes) is 1. The zero-order valence-electron chi connectivity index (χ0n) is 18.7. The van der Waals surface area contributed by atoms with E-state index in [4.69, 9.17) is 25.8 Å². The summed E-state index contributed by atoms with van der Waals surface area (Å²) >= 11 is 6.03. The standard InChI is InChI=1S/C23H33ClN2O5/c1-4-5-14-31-15-6-11-26-22(27)20(18-7-9-19(24)10-8-18)21(23(26)28)25(12-16-29-2)13-17-30-3/h7-10H,4-6,11-17H2,1-3H3. The van der Waals surface area contributed by atoms with Gasteiger partial charge >= 0.3 is 0 Å². The molecule has 1 aliphatic rings. The number of hydrogen-bond acceptors (Lipinski definition) is 6. The fourth-order valence-corrected chi connectivity index (χ4v) is 3.47. The molecule has 0 aliphatic carbocycles. The lowest BCUT2D eigenvalue weighted by atomic mass is 10.0. The molecule has 0 spiro atoms. The van der Waals surface area contributed by atoms with Gasteiger partial charge in [-0.05, 0) is 30.5 Å². The molecule has 1 heterocycles. The van der Waals surface area contributed by atoms with E-state index in [0.717, 1.165) is 12.8 Å². The maximum atomic E-state index is 13.4. The summed E-state index contributed by atoms with van der Waals surface area (Å²) in [6.07, 6.45) is 2.67. The van der Waals surface area contributed by atoms with Crippen LogP contribution in [0.5, 0.6) is 0 Å². The molecule has 0 unspecified atom stereocenters. The van der Waals surface area contributed by atoms with E-state index in [2.05, 4.69) is 6.92 Å². The molecule has 31 heavy (non-hydrogen) atoms. The molecular weight excluding hydrogens is 420 g/mol. The quantitative estimate of drug-likeness (QED) is 0.300. The van der Waals surface area contributed by atoms with Crippen molar-refractivity contribution in [3.8, 4) is 0 Å². The summed E-state index contributed by atoms with van der Waals surface area (Å²) in [7, 11) is 3.21. The van der Waals surface area contributed by atoms with Crippen molar-refractivity contribution in [2.24, 2.45) is 0 Å². The maximum absolute atomic E-state index is 13.4. The van der Waals surface area contributed by atoms with Crippen LogP contribution in [0.25, 0.3) is 5.57 Å². The summed E-state index contributed by atoms with van der Waals surface area (Å²) in [5, 5.41) is 0.569. The van der Waals surface area contributed by atoms with Crippen LogP contribution in [0.2, 0.25) is 5.02 Å². The highest BCUT2D eigenvalue weighted by atomic mass is 35.5. The van der Waals surface area contributed by atoms with E-state index in [1.807, 2.05) is 4.90 Å². The van der Waals surface area contributed by atoms with Crippen molar-refractivity contribution in [1.29, 1.82) is 0 Å². The van der Waals surface area contributed by atoms with E-state index in [9.17, 15) is 9.59 Å². The number of benzene rings is 1. The van der Waals surface area contributed by atoms with Crippen LogP contribution in [0.15, 0.2) is 30.0 Å².